The van der Waals surface area contributed by atoms with E-state index in [0.717, 1.165) is 18.8 Å². The number of nitrogens with zero attached hydrogens (tertiary/aromatic N) is 3. The standard InChI is InChI=1S/C15H18N4O3S/c20-14(12-23-11-13-4-2-1-3-5-13)16-15-10-19(17-22-15)18-6-8-21-9-7-18/h1-5,10H,6-9,11-12H2/p+1. The van der Waals surface area contributed by atoms with Crippen molar-refractivity contribution in [2.45, 2.75) is 5.75 Å². The van der Waals surface area contributed by atoms with Gasteiger partial charge in [-0.15, -0.1) is 16.8 Å². The van der Waals surface area contributed by atoms with Crippen LogP contribution in [-0.4, -0.2) is 43.2 Å². The Morgan fingerprint density at radius 3 is 2.87 bits per heavy atom. The Balaban J connectivity index is 1.43. The molecule has 1 aromatic heterocycles. The van der Waals surface area contributed by atoms with Crippen LogP contribution < -0.4 is 15.1 Å². The van der Waals surface area contributed by atoms with Crippen molar-refractivity contribution in [2.24, 2.45) is 0 Å². The molecule has 1 N–H and O–H groups in total. The highest BCUT2D eigenvalue weighted by Crippen LogP contribution is 2.12. The minimum atomic E-state index is -0.101. The molecule has 3 rings (SSSR count). The summed E-state index contributed by atoms with van der Waals surface area (Å²) in [6, 6.07) is 10.1. The Kier molecular flexibility index (Phi) is 5.49. The number of hydrogen-bond acceptors (Lipinski definition) is 6. The summed E-state index contributed by atoms with van der Waals surface area (Å²) in [6.45, 7) is 2.82. The van der Waals surface area contributed by atoms with E-state index in [4.69, 9.17) is 9.26 Å². The van der Waals surface area contributed by atoms with Crippen LogP contribution in [0.1, 0.15) is 5.56 Å². The highest BCUT2D eigenvalue weighted by molar-refractivity contribution is 7.99. The van der Waals surface area contributed by atoms with Gasteiger partial charge in [-0.1, -0.05) is 30.3 Å². The van der Waals surface area contributed by atoms with Crippen LogP contribution >= 0.6 is 11.8 Å². The summed E-state index contributed by atoms with van der Waals surface area (Å²) in [7, 11) is 0. The summed E-state index contributed by atoms with van der Waals surface area (Å²) >= 11 is 1.56. The van der Waals surface area contributed by atoms with Crippen molar-refractivity contribution < 1.29 is 18.8 Å². The molecule has 1 aromatic carbocycles. The molecule has 0 bridgehead atoms. The summed E-state index contributed by atoms with van der Waals surface area (Å²) in [5.41, 5.74) is 1.20. The summed E-state index contributed by atoms with van der Waals surface area (Å²) in [6.07, 6.45) is 1.67. The highest BCUT2D eigenvalue weighted by atomic mass is 32.2. The molecule has 1 fully saturated rings. The van der Waals surface area contributed by atoms with Crippen LogP contribution in [0.15, 0.2) is 41.1 Å². The lowest BCUT2D eigenvalue weighted by molar-refractivity contribution is -0.759. The van der Waals surface area contributed by atoms with Gasteiger partial charge in [0.2, 0.25) is 11.2 Å². The third-order valence-corrected chi connectivity index (χ3v) is 4.34. The smallest absolute Gasteiger partial charge is 0.305 e. The van der Waals surface area contributed by atoms with Crippen molar-refractivity contribution >= 4 is 23.6 Å². The fourth-order valence-corrected chi connectivity index (χ4v) is 2.98. The minimum absolute atomic E-state index is 0.101. The van der Waals surface area contributed by atoms with Crippen molar-refractivity contribution in [3.05, 3.63) is 42.1 Å². The number of benzene rings is 1. The second kappa shape index (κ2) is 7.98. The normalized spacial score (nSPS) is 14.7. The van der Waals surface area contributed by atoms with Crippen LogP contribution in [0, 0.1) is 0 Å². The number of ether oxygens (including phenoxy) is 1. The molecule has 0 spiro atoms. The number of carbonyl (C=O) groups is 1. The van der Waals surface area contributed by atoms with Gasteiger partial charge in [0, 0.05) is 5.75 Å². The molecule has 0 radical (unpaired) electrons. The second-order valence-electron chi connectivity index (χ2n) is 5.08. The van der Waals surface area contributed by atoms with Crippen molar-refractivity contribution in [3.63, 3.8) is 0 Å². The fourth-order valence-electron chi connectivity index (χ4n) is 2.19. The van der Waals surface area contributed by atoms with E-state index >= 15 is 0 Å². The molecule has 1 aliphatic rings. The molecular weight excluding hydrogens is 316 g/mol. The van der Waals surface area contributed by atoms with Crippen molar-refractivity contribution in [1.29, 1.82) is 0 Å². The molecule has 0 unspecified atom stereocenters. The molecule has 0 aliphatic carbocycles. The van der Waals surface area contributed by atoms with Gasteiger partial charge in [0.15, 0.2) is 0 Å². The highest BCUT2D eigenvalue weighted by Gasteiger charge is 2.23. The Bertz CT molecular complexity index is 629. The van der Waals surface area contributed by atoms with Crippen LogP contribution in [0.2, 0.25) is 0 Å². The van der Waals surface area contributed by atoms with Crippen LogP contribution in [0.3, 0.4) is 0 Å². The molecule has 1 saturated heterocycles. The number of carbonyl (C=O) groups excluding carboxylic acids is 1. The van der Waals surface area contributed by atoms with Gasteiger partial charge in [-0.2, -0.15) is 0 Å². The lowest BCUT2D eigenvalue weighted by atomic mass is 10.2. The Labute approximate surface area is 138 Å². The number of thioether (sulfide) groups is 1. The number of nitrogens with one attached hydrogen (secondary N) is 1. The molecular formula is C15H19N4O3S+. The summed E-state index contributed by atoms with van der Waals surface area (Å²) in [4.78, 5) is 13.5. The predicted octanol–water partition coefficient (Wildman–Crippen LogP) is 0.802. The molecule has 0 saturated carbocycles. The Morgan fingerprint density at radius 2 is 2.09 bits per heavy atom. The van der Waals surface area contributed by atoms with Gasteiger partial charge >= 0.3 is 5.88 Å². The zero-order valence-corrected chi connectivity index (χ0v) is 13.5. The number of anilines is 1. The Hall–Kier alpha value is -2.06. The molecule has 1 aliphatic heterocycles. The van der Waals surface area contributed by atoms with Gasteiger partial charge in [0.05, 0.1) is 36.8 Å². The minimum Gasteiger partial charge on any atom is -0.377 e. The zero-order valence-electron chi connectivity index (χ0n) is 12.7. The molecule has 8 heteroatoms. The van der Waals surface area contributed by atoms with Crippen LogP contribution in [0.5, 0.6) is 0 Å². The third kappa shape index (κ3) is 4.70. The van der Waals surface area contributed by atoms with E-state index in [0.29, 0.717) is 24.9 Å². The summed E-state index contributed by atoms with van der Waals surface area (Å²) in [5.74, 6) is 1.42. The fraction of sp³-hybridized carbons (Fsp3) is 0.400. The van der Waals surface area contributed by atoms with Gasteiger partial charge in [0.25, 0.3) is 6.20 Å². The first kappa shape index (κ1) is 15.8. The number of morpholine rings is 1. The molecule has 1 amide bonds. The van der Waals surface area contributed by atoms with E-state index in [2.05, 4.69) is 10.6 Å². The number of aromatic nitrogens is 2. The van der Waals surface area contributed by atoms with Crippen LogP contribution in [0.25, 0.3) is 0 Å². The predicted molar refractivity (Wildman–Crippen MR) is 86.7 cm³/mol. The average Bonchev–Trinajstić information content (AvgIpc) is 3.05. The van der Waals surface area contributed by atoms with E-state index in [1.165, 1.54) is 5.56 Å². The maximum Gasteiger partial charge on any atom is 0.305 e. The van der Waals surface area contributed by atoms with Gasteiger partial charge in [-0.05, 0) is 5.56 Å². The lowest BCUT2D eigenvalue weighted by Crippen LogP contribution is -2.62. The van der Waals surface area contributed by atoms with E-state index in [1.807, 2.05) is 35.3 Å². The van der Waals surface area contributed by atoms with Crippen LogP contribution in [-0.2, 0) is 15.3 Å². The average molecular weight is 335 g/mol. The SMILES string of the molecule is O=C(CSCc1ccccc1)Nc1c[n+](N2CCOCC2)no1. The van der Waals surface area contributed by atoms with Gasteiger partial charge in [0.1, 0.15) is 0 Å². The first-order valence-corrected chi connectivity index (χ1v) is 8.60. The Morgan fingerprint density at radius 1 is 1.30 bits per heavy atom. The molecule has 0 atom stereocenters. The van der Waals surface area contributed by atoms with Crippen molar-refractivity contribution in [2.75, 3.05) is 42.4 Å². The quantitative estimate of drug-likeness (QED) is 0.788. The third-order valence-electron chi connectivity index (χ3n) is 3.34. The topological polar surface area (TPSA) is 71.5 Å². The van der Waals surface area contributed by atoms with Gasteiger partial charge in [-0.3, -0.25) is 14.6 Å². The number of rotatable bonds is 6. The maximum absolute atomic E-state index is 11.9. The lowest BCUT2D eigenvalue weighted by Gasteiger charge is -2.18. The first-order chi connectivity index (χ1) is 11.3. The van der Waals surface area contributed by atoms with E-state index in [1.54, 1.807) is 22.7 Å². The van der Waals surface area contributed by atoms with Crippen molar-refractivity contribution in [3.8, 4) is 0 Å². The molecule has 23 heavy (non-hydrogen) atoms. The van der Waals surface area contributed by atoms with E-state index < -0.39 is 0 Å². The zero-order chi connectivity index (χ0) is 15.9. The molecule has 2 heterocycles. The molecule has 2 aromatic rings. The van der Waals surface area contributed by atoms with Crippen molar-refractivity contribution in [1.82, 2.24) is 5.27 Å². The number of hydrogen-bond donors (Lipinski definition) is 1. The molecule has 7 nitrogen and oxygen atoms in total. The monoisotopic (exact) mass is 335 g/mol. The first-order valence-electron chi connectivity index (χ1n) is 7.44. The molecule has 122 valence electrons. The maximum atomic E-state index is 11.9. The van der Waals surface area contributed by atoms with Gasteiger partial charge < -0.3 is 4.74 Å². The summed E-state index contributed by atoms with van der Waals surface area (Å²) in [5, 5.41) is 8.62. The second-order valence-corrected chi connectivity index (χ2v) is 6.06. The van der Waals surface area contributed by atoms with E-state index in [9.17, 15) is 4.79 Å². The number of amides is 1. The largest absolute Gasteiger partial charge is 0.377 e. The summed E-state index contributed by atoms with van der Waals surface area (Å²) < 4.78 is 10.4. The van der Waals surface area contributed by atoms with E-state index in [-0.39, 0.29) is 5.91 Å². The van der Waals surface area contributed by atoms with Crippen LogP contribution in [0.4, 0.5) is 5.88 Å². The van der Waals surface area contributed by atoms with Gasteiger partial charge in [-0.25, -0.2) is 0 Å².